The molecule has 0 bridgehead atoms. The van der Waals surface area contributed by atoms with E-state index in [4.69, 9.17) is 18.2 Å². The van der Waals surface area contributed by atoms with E-state index in [9.17, 15) is 0 Å². The largest absolute Gasteiger partial charge is 0.497 e. The molecule has 11 heteroatoms. The average Bonchev–Trinajstić information content (AvgIpc) is 3.46. The maximum absolute atomic E-state index is 5.50. The number of anilines is 9. The number of aromatic nitrogens is 3. The van der Waals surface area contributed by atoms with Crippen LogP contribution in [-0.2, 0) is 0 Å². The molecule has 0 fully saturated rings. The third-order valence-electron chi connectivity index (χ3n) is 16.3. The zero-order chi connectivity index (χ0) is 56.5. The molecule has 0 N–H and O–H groups in total. The van der Waals surface area contributed by atoms with Crippen LogP contribution in [0, 0.1) is 0 Å². The second-order valence-corrected chi connectivity index (χ2v) is 23.7. The Hall–Kier alpha value is -10.0. The molecule has 8 nitrogen and oxygen atoms in total. The second kappa shape index (κ2) is 21.0. The number of hydrogen-bond acceptors (Lipinski definition) is 10. The molecular formula is C74H50N6O2S3. The van der Waals surface area contributed by atoms with Crippen molar-refractivity contribution < 1.29 is 9.47 Å². The van der Waals surface area contributed by atoms with Gasteiger partial charge in [-0.3, -0.25) is 0 Å². The normalized spacial score (nSPS) is 12.4. The van der Waals surface area contributed by atoms with E-state index in [1.807, 2.05) is 47.8 Å². The SMILES string of the molecule is COc1ccc(-c2ccc3c(c2)c2cc(-c4ccc(OC)cc4)ccc2n3-c2ccc(-c3ccc(N(c4ccc(N5c6ccccc6Sc6ccccc65)cc4)c4ccc(N5c6ccccc6Sc6ccccc65)cc4)c4nsnc34)cc2)cc1. The fraction of sp³-hybridized carbons (Fsp3) is 0.0270. The van der Waals surface area contributed by atoms with Crippen LogP contribution in [0.2, 0.25) is 0 Å². The molecule has 14 aromatic rings. The van der Waals surface area contributed by atoms with Crippen molar-refractivity contribution in [2.75, 3.05) is 28.9 Å². The van der Waals surface area contributed by atoms with Gasteiger partial charge in [0.25, 0.3) is 0 Å². The van der Waals surface area contributed by atoms with E-state index in [-0.39, 0.29) is 0 Å². The van der Waals surface area contributed by atoms with Crippen LogP contribution in [0.1, 0.15) is 0 Å². The quantitative estimate of drug-likeness (QED) is 0.126. The van der Waals surface area contributed by atoms with E-state index in [2.05, 4.69) is 262 Å². The van der Waals surface area contributed by atoms with Crippen LogP contribution in [0.25, 0.3) is 71.9 Å². The van der Waals surface area contributed by atoms with Crippen LogP contribution < -0.4 is 24.2 Å². The maximum Gasteiger partial charge on any atom is 0.129 e. The van der Waals surface area contributed by atoms with Gasteiger partial charge in [0.2, 0.25) is 0 Å². The Morgan fingerprint density at radius 1 is 0.353 bits per heavy atom. The van der Waals surface area contributed by atoms with Crippen molar-refractivity contribution in [3.05, 3.63) is 267 Å². The van der Waals surface area contributed by atoms with Gasteiger partial charge in [0, 0.05) is 64.4 Å². The summed E-state index contributed by atoms with van der Waals surface area (Å²) < 4.78 is 23.6. The molecule has 0 saturated heterocycles. The zero-order valence-electron chi connectivity index (χ0n) is 46.1. The molecule has 2 aliphatic heterocycles. The molecule has 2 aliphatic rings. The molecule has 406 valence electrons. The van der Waals surface area contributed by atoms with Gasteiger partial charge in [0.05, 0.1) is 65.4 Å². The minimum atomic E-state index is 0.828. The van der Waals surface area contributed by atoms with E-state index in [0.29, 0.717) is 0 Å². The Bertz CT molecular complexity index is 4530. The van der Waals surface area contributed by atoms with Crippen LogP contribution in [0.5, 0.6) is 11.5 Å². The predicted molar refractivity (Wildman–Crippen MR) is 353 cm³/mol. The third-order valence-corrected chi connectivity index (χ3v) is 19.1. The molecule has 16 rings (SSSR count). The maximum atomic E-state index is 5.50. The van der Waals surface area contributed by atoms with Crippen molar-refractivity contribution in [2.45, 2.75) is 19.6 Å². The summed E-state index contributed by atoms with van der Waals surface area (Å²) in [5.74, 6) is 1.67. The van der Waals surface area contributed by atoms with Gasteiger partial charge in [-0.05, 0) is 198 Å². The number of methoxy groups -OCH3 is 2. The first-order chi connectivity index (χ1) is 42.0. The predicted octanol–water partition coefficient (Wildman–Crippen LogP) is 21.1. The number of benzene rings is 12. The average molecular weight is 1150 g/mol. The monoisotopic (exact) mass is 1150 g/mol. The lowest BCUT2D eigenvalue weighted by Gasteiger charge is -2.34. The number of hydrogen-bond donors (Lipinski definition) is 0. The standard InChI is InChI=1S/C74H50N6O2S3/c1-81-57-37-21-47(22-38-57)50-25-42-62-60(45-50)61-46-51(48-23-39-58(82-2)40-24-48)26-43-63(61)78(62)54-27-19-49(20-28-54)59-41-44-68(74-73(59)75-85-76-74)77(52-29-33-55(34-30-52)79-64-11-3-7-15-69(64)83-70-16-8-4-12-65(70)79)53-31-35-56(36-32-53)80-66-13-5-9-17-71(66)84-72-18-10-6-14-67(72)80/h3-46H,1-2H3. The van der Waals surface area contributed by atoms with Gasteiger partial charge in [-0.2, -0.15) is 8.75 Å². The zero-order valence-corrected chi connectivity index (χ0v) is 48.6. The van der Waals surface area contributed by atoms with Crippen molar-refractivity contribution in [1.29, 1.82) is 0 Å². The van der Waals surface area contributed by atoms with Gasteiger partial charge >= 0.3 is 0 Å². The lowest BCUT2D eigenvalue weighted by molar-refractivity contribution is 0.415. The summed E-state index contributed by atoms with van der Waals surface area (Å²) in [6, 6.07) is 96.0. The van der Waals surface area contributed by atoms with E-state index in [0.717, 1.165) is 101 Å². The Kier molecular flexibility index (Phi) is 12.5. The molecule has 0 unspecified atom stereocenters. The lowest BCUT2D eigenvalue weighted by atomic mass is 10.00. The van der Waals surface area contributed by atoms with Gasteiger partial charge in [-0.15, -0.1) is 0 Å². The highest BCUT2D eigenvalue weighted by atomic mass is 32.2. The molecule has 0 amide bonds. The number of rotatable bonds is 11. The minimum Gasteiger partial charge on any atom is -0.497 e. The summed E-state index contributed by atoms with van der Waals surface area (Å²) >= 11 is 4.88. The van der Waals surface area contributed by atoms with E-state index in [1.54, 1.807) is 14.2 Å². The summed E-state index contributed by atoms with van der Waals surface area (Å²) in [5, 5.41) is 2.34. The third kappa shape index (κ3) is 8.77. The summed E-state index contributed by atoms with van der Waals surface area (Å²) in [7, 11) is 3.40. The second-order valence-electron chi connectivity index (χ2n) is 21.0. The molecule has 0 radical (unpaired) electrons. The number of nitrogens with zero attached hydrogens (tertiary/aromatic N) is 6. The Balaban J connectivity index is 0.791. The van der Waals surface area contributed by atoms with Crippen molar-refractivity contribution in [3.8, 4) is 50.6 Å². The molecule has 0 spiro atoms. The van der Waals surface area contributed by atoms with E-state index in [1.165, 1.54) is 64.8 Å². The van der Waals surface area contributed by atoms with Gasteiger partial charge in [0.15, 0.2) is 0 Å². The number of fused-ring (bicyclic) bond motifs is 8. The van der Waals surface area contributed by atoms with Crippen LogP contribution in [0.15, 0.2) is 287 Å². The molecule has 85 heavy (non-hydrogen) atoms. The van der Waals surface area contributed by atoms with Crippen molar-refractivity contribution in [3.63, 3.8) is 0 Å². The molecular weight excluding hydrogens is 1100 g/mol. The van der Waals surface area contributed by atoms with Gasteiger partial charge in [-0.1, -0.05) is 121 Å². The molecule has 4 heterocycles. The van der Waals surface area contributed by atoms with Gasteiger partial charge < -0.3 is 28.7 Å². The highest BCUT2D eigenvalue weighted by Gasteiger charge is 2.28. The number of para-hydroxylation sites is 4. The van der Waals surface area contributed by atoms with Crippen molar-refractivity contribution >= 4 is 119 Å². The van der Waals surface area contributed by atoms with Crippen LogP contribution in [-0.4, -0.2) is 27.5 Å². The summed E-state index contributed by atoms with van der Waals surface area (Å²) in [4.78, 5) is 12.0. The van der Waals surface area contributed by atoms with Crippen LogP contribution in [0.3, 0.4) is 0 Å². The Labute approximate surface area is 504 Å². The first-order valence-corrected chi connectivity index (χ1v) is 30.5. The van der Waals surface area contributed by atoms with Crippen molar-refractivity contribution in [1.82, 2.24) is 13.3 Å². The Morgan fingerprint density at radius 3 is 1.18 bits per heavy atom. The topological polar surface area (TPSA) is 58.9 Å². The van der Waals surface area contributed by atoms with E-state index >= 15 is 0 Å². The lowest BCUT2D eigenvalue weighted by Crippen LogP contribution is -2.16. The molecule has 2 aromatic heterocycles. The smallest absolute Gasteiger partial charge is 0.129 e. The van der Waals surface area contributed by atoms with Crippen LogP contribution >= 0.6 is 35.3 Å². The summed E-state index contributed by atoms with van der Waals surface area (Å²) in [6.45, 7) is 0. The van der Waals surface area contributed by atoms with Gasteiger partial charge in [-0.25, -0.2) is 0 Å². The Morgan fingerprint density at radius 2 is 0.741 bits per heavy atom. The molecule has 0 aliphatic carbocycles. The molecule has 12 aromatic carbocycles. The highest BCUT2D eigenvalue weighted by molar-refractivity contribution is 8.00. The fourth-order valence-electron chi connectivity index (χ4n) is 12.2. The van der Waals surface area contributed by atoms with E-state index < -0.39 is 0 Å². The number of ether oxygens (including phenoxy) is 2. The van der Waals surface area contributed by atoms with Gasteiger partial charge in [0.1, 0.15) is 22.5 Å². The molecule has 0 saturated carbocycles. The van der Waals surface area contributed by atoms with Crippen molar-refractivity contribution in [2.24, 2.45) is 0 Å². The minimum absolute atomic E-state index is 0.828. The summed E-state index contributed by atoms with van der Waals surface area (Å²) in [6.07, 6.45) is 0. The molecule has 0 atom stereocenters. The highest BCUT2D eigenvalue weighted by Crippen LogP contribution is 2.54. The first kappa shape index (κ1) is 50.7. The first-order valence-electron chi connectivity index (χ1n) is 28.1. The van der Waals surface area contributed by atoms with Crippen LogP contribution in [0.4, 0.5) is 51.2 Å². The fourth-order valence-corrected chi connectivity index (χ4v) is 14.9. The summed E-state index contributed by atoms with van der Waals surface area (Å²) in [5.41, 5.74) is 21.3.